The SMILES string of the molecule is CCC(=O)N1C[C@@H]2[C@H](CNC(=O)Cc3cc(C)ccc3C)[C@H]3CC[C@]2(C1)O3. The maximum Gasteiger partial charge on any atom is 0.224 e. The van der Waals surface area contributed by atoms with Gasteiger partial charge in [0, 0.05) is 31.3 Å². The van der Waals surface area contributed by atoms with E-state index in [2.05, 4.69) is 30.4 Å². The molecule has 3 fully saturated rings. The van der Waals surface area contributed by atoms with Crippen LogP contribution in [0.1, 0.15) is 42.9 Å². The smallest absolute Gasteiger partial charge is 0.224 e. The van der Waals surface area contributed by atoms with Crippen LogP contribution in [0.5, 0.6) is 0 Å². The number of nitrogens with one attached hydrogen (secondary N) is 1. The first-order chi connectivity index (χ1) is 12.9. The first-order valence-electron chi connectivity index (χ1n) is 10.2. The van der Waals surface area contributed by atoms with E-state index in [-0.39, 0.29) is 23.5 Å². The average molecular weight is 370 g/mol. The van der Waals surface area contributed by atoms with Gasteiger partial charge in [-0.05, 0) is 37.8 Å². The van der Waals surface area contributed by atoms with E-state index < -0.39 is 0 Å². The maximum absolute atomic E-state index is 12.5. The Bertz CT molecular complexity index is 762. The molecule has 3 saturated heterocycles. The van der Waals surface area contributed by atoms with E-state index in [1.165, 1.54) is 5.56 Å². The number of hydrogen-bond donors (Lipinski definition) is 1. The predicted molar refractivity (Wildman–Crippen MR) is 103 cm³/mol. The zero-order valence-corrected chi connectivity index (χ0v) is 16.6. The van der Waals surface area contributed by atoms with Crippen LogP contribution in [0.2, 0.25) is 0 Å². The fraction of sp³-hybridized carbons (Fsp3) is 0.636. The fourth-order valence-corrected chi connectivity index (χ4v) is 5.33. The largest absolute Gasteiger partial charge is 0.369 e. The van der Waals surface area contributed by atoms with Crippen molar-refractivity contribution in [3.8, 4) is 0 Å². The van der Waals surface area contributed by atoms with Crippen LogP contribution in [-0.4, -0.2) is 48.1 Å². The molecule has 0 aromatic heterocycles. The molecule has 1 aromatic carbocycles. The summed E-state index contributed by atoms with van der Waals surface area (Å²) in [6.07, 6.45) is 3.28. The Morgan fingerprint density at radius 2 is 2.15 bits per heavy atom. The monoisotopic (exact) mass is 370 g/mol. The number of aryl methyl sites for hydroxylation is 2. The summed E-state index contributed by atoms with van der Waals surface area (Å²) < 4.78 is 6.36. The summed E-state index contributed by atoms with van der Waals surface area (Å²) in [5.74, 6) is 0.951. The van der Waals surface area contributed by atoms with E-state index in [0.717, 1.165) is 37.1 Å². The molecule has 2 bridgehead atoms. The standard InChI is InChI=1S/C22H30N2O3/c1-4-21(26)24-12-18-17(19-7-8-22(18,13-24)27-19)11-23-20(25)10-16-9-14(2)5-6-15(16)3/h5-6,9,17-19H,4,7-8,10-13H2,1-3H3,(H,23,25)/t17-,18+,19+,22+/m0/s1. The van der Waals surface area contributed by atoms with E-state index in [1.807, 2.05) is 18.7 Å². The molecule has 2 amide bonds. The zero-order valence-electron chi connectivity index (χ0n) is 16.6. The minimum Gasteiger partial charge on any atom is -0.369 e. The highest BCUT2D eigenvalue weighted by molar-refractivity contribution is 5.79. The van der Waals surface area contributed by atoms with Crippen molar-refractivity contribution in [1.29, 1.82) is 0 Å². The van der Waals surface area contributed by atoms with Crippen molar-refractivity contribution >= 4 is 11.8 Å². The summed E-state index contributed by atoms with van der Waals surface area (Å²) in [4.78, 5) is 26.7. The van der Waals surface area contributed by atoms with Crippen molar-refractivity contribution < 1.29 is 14.3 Å². The number of carbonyl (C=O) groups excluding carboxylic acids is 2. The van der Waals surface area contributed by atoms with Gasteiger partial charge in [-0.25, -0.2) is 0 Å². The van der Waals surface area contributed by atoms with E-state index in [0.29, 0.717) is 31.2 Å². The van der Waals surface area contributed by atoms with Gasteiger partial charge in [0.05, 0.1) is 24.7 Å². The van der Waals surface area contributed by atoms with Crippen LogP contribution in [0.4, 0.5) is 0 Å². The molecule has 4 atom stereocenters. The fourth-order valence-electron chi connectivity index (χ4n) is 5.33. The van der Waals surface area contributed by atoms with E-state index >= 15 is 0 Å². The Labute approximate surface area is 161 Å². The van der Waals surface area contributed by atoms with Crippen LogP contribution in [0.25, 0.3) is 0 Å². The second kappa shape index (κ2) is 6.93. The van der Waals surface area contributed by atoms with Crippen molar-refractivity contribution in [3.63, 3.8) is 0 Å². The Balaban J connectivity index is 1.38. The van der Waals surface area contributed by atoms with Crippen molar-refractivity contribution in [2.24, 2.45) is 11.8 Å². The van der Waals surface area contributed by atoms with Gasteiger partial charge in [0.1, 0.15) is 0 Å². The minimum atomic E-state index is -0.155. The number of likely N-dealkylation sites (tertiary alicyclic amines) is 1. The summed E-state index contributed by atoms with van der Waals surface area (Å²) in [6, 6.07) is 6.24. The molecule has 0 unspecified atom stereocenters. The highest BCUT2D eigenvalue weighted by Gasteiger charge is 2.63. The molecule has 0 aliphatic carbocycles. The summed E-state index contributed by atoms with van der Waals surface area (Å²) in [5, 5.41) is 3.15. The Morgan fingerprint density at radius 3 is 2.93 bits per heavy atom. The third-order valence-electron chi connectivity index (χ3n) is 6.83. The zero-order chi connectivity index (χ0) is 19.2. The summed E-state index contributed by atoms with van der Waals surface area (Å²) in [7, 11) is 0. The van der Waals surface area contributed by atoms with Gasteiger partial charge >= 0.3 is 0 Å². The van der Waals surface area contributed by atoms with Gasteiger partial charge in [-0.1, -0.05) is 30.7 Å². The molecular formula is C22H30N2O3. The number of hydrogen-bond acceptors (Lipinski definition) is 3. The van der Waals surface area contributed by atoms with Crippen LogP contribution in [0, 0.1) is 25.7 Å². The minimum absolute atomic E-state index is 0.0695. The quantitative estimate of drug-likeness (QED) is 0.866. The van der Waals surface area contributed by atoms with Crippen LogP contribution in [0.15, 0.2) is 18.2 Å². The first-order valence-corrected chi connectivity index (χ1v) is 10.2. The predicted octanol–water partition coefficient (Wildman–Crippen LogP) is 2.38. The normalized spacial score (nSPS) is 31.2. The third-order valence-corrected chi connectivity index (χ3v) is 6.83. The first kappa shape index (κ1) is 18.5. The number of benzene rings is 1. The Hall–Kier alpha value is -1.88. The van der Waals surface area contributed by atoms with Gasteiger partial charge in [0.2, 0.25) is 11.8 Å². The molecule has 3 aliphatic heterocycles. The lowest BCUT2D eigenvalue weighted by Gasteiger charge is -2.29. The van der Waals surface area contributed by atoms with Crippen molar-refractivity contribution in [3.05, 3.63) is 34.9 Å². The topological polar surface area (TPSA) is 58.6 Å². The van der Waals surface area contributed by atoms with Crippen LogP contribution in [0.3, 0.4) is 0 Å². The van der Waals surface area contributed by atoms with Gasteiger partial charge in [-0.3, -0.25) is 9.59 Å². The molecular weight excluding hydrogens is 340 g/mol. The molecule has 0 radical (unpaired) electrons. The maximum atomic E-state index is 12.5. The van der Waals surface area contributed by atoms with Gasteiger partial charge in [-0.2, -0.15) is 0 Å². The molecule has 27 heavy (non-hydrogen) atoms. The van der Waals surface area contributed by atoms with Gasteiger partial charge in [0.15, 0.2) is 0 Å². The van der Waals surface area contributed by atoms with Crippen LogP contribution >= 0.6 is 0 Å². The highest BCUT2D eigenvalue weighted by atomic mass is 16.5. The van der Waals surface area contributed by atoms with Gasteiger partial charge in [-0.15, -0.1) is 0 Å². The van der Waals surface area contributed by atoms with E-state index in [4.69, 9.17) is 4.74 Å². The number of carbonyl (C=O) groups is 2. The number of ether oxygens (including phenoxy) is 1. The van der Waals surface area contributed by atoms with Crippen molar-refractivity contribution in [2.75, 3.05) is 19.6 Å². The molecule has 0 saturated carbocycles. The van der Waals surface area contributed by atoms with Crippen LogP contribution in [-0.2, 0) is 20.7 Å². The van der Waals surface area contributed by atoms with E-state index in [1.54, 1.807) is 0 Å². The lowest BCUT2D eigenvalue weighted by Crippen LogP contribution is -2.42. The summed E-state index contributed by atoms with van der Waals surface area (Å²) >= 11 is 0. The lowest BCUT2D eigenvalue weighted by atomic mass is 9.73. The molecule has 5 heteroatoms. The number of amides is 2. The van der Waals surface area contributed by atoms with Gasteiger partial charge < -0.3 is 15.0 Å². The van der Waals surface area contributed by atoms with Crippen molar-refractivity contribution in [2.45, 2.75) is 58.2 Å². The molecule has 4 rings (SSSR count). The number of rotatable bonds is 5. The van der Waals surface area contributed by atoms with Crippen LogP contribution < -0.4 is 5.32 Å². The van der Waals surface area contributed by atoms with Crippen molar-refractivity contribution in [1.82, 2.24) is 10.2 Å². The molecule has 1 aromatic rings. The third kappa shape index (κ3) is 3.27. The average Bonchev–Trinajstić information content (AvgIpc) is 3.30. The molecule has 5 nitrogen and oxygen atoms in total. The molecule has 146 valence electrons. The Morgan fingerprint density at radius 1 is 1.33 bits per heavy atom. The molecule has 1 spiro atoms. The molecule has 1 N–H and O–H groups in total. The summed E-state index contributed by atoms with van der Waals surface area (Å²) in [5.41, 5.74) is 3.27. The molecule has 3 aliphatic rings. The second-order valence-corrected chi connectivity index (χ2v) is 8.57. The van der Waals surface area contributed by atoms with Gasteiger partial charge in [0.25, 0.3) is 0 Å². The number of fused-ring (bicyclic) bond motifs is 1. The van der Waals surface area contributed by atoms with E-state index in [9.17, 15) is 9.59 Å². The number of nitrogens with zero attached hydrogens (tertiary/aromatic N) is 1. The lowest BCUT2D eigenvalue weighted by molar-refractivity contribution is -0.131. The highest BCUT2D eigenvalue weighted by Crippen LogP contribution is 2.54. The second-order valence-electron chi connectivity index (χ2n) is 8.57. The molecule has 3 heterocycles. The summed E-state index contributed by atoms with van der Waals surface area (Å²) in [6.45, 7) is 8.17. The Kier molecular flexibility index (Phi) is 4.75.